The Kier molecular flexibility index (Phi) is 4.68. The summed E-state index contributed by atoms with van der Waals surface area (Å²) in [6.07, 6.45) is 3.52. The molecule has 2 aromatic rings. The Morgan fingerprint density at radius 2 is 2.05 bits per heavy atom. The number of benzene rings is 1. The van der Waals surface area contributed by atoms with Crippen molar-refractivity contribution >= 4 is 35.1 Å². The second kappa shape index (κ2) is 6.29. The van der Waals surface area contributed by atoms with Gasteiger partial charge in [0.05, 0.1) is 5.02 Å². The van der Waals surface area contributed by atoms with Crippen LogP contribution in [0.3, 0.4) is 0 Å². The first-order valence-electron chi connectivity index (χ1n) is 6.07. The van der Waals surface area contributed by atoms with Crippen molar-refractivity contribution in [1.29, 1.82) is 0 Å². The molecule has 1 aromatic carbocycles. The number of pyridine rings is 1. The minimum absolute atomic E-state index is 0.0757. The molecule has 104 valence electrons. The molecule has 0 radical (unpaired) electrons. The van der Waals surface area contributed by atoms with Gasteiger partial charge in [0.2, 0.25) is 0 Å². The fourth-order valence-corrected chi connectivity index (χ4v) is 2.36. The van der Waals surface area contributed by atoms with Gasteiger partial charge in [-0.2, -0.15) is 0 Å². The molecule has 0 spiro atoms. The Morgan fingerprint density at radius 3 is 2.65 bits per heavy atom. The molecule has 0 unspecified atom stereocenters. The normalized spacial score (nSPS) is 10.4. The van der Waals surface area contributed by atoms with Crippen molar-refractivity contribution in [2.24, 2.45) is 0 Å². The maximum Gasteiger partial charge on any atom is 0.259 e. The number of hydrogen-bond donors (Lipinski definition) is 0. The number of hydrogen-bond acceptors (Lipinski definition) is 3. The highest BCUT2D eigenvalue weighted by Gasteiger charge is 2.17. The number of nitrogens with zero attached hydrogens (tertiary/aromatic N) is 2. The maximum atomic E-state index is 12.6. The third-order valence-electron chi connectivity index (χ3n) is 3.04. The first-order chi connectivity index (χ1) is 9.52. The first kappa shape index (κ1) is 14.9. The minimum atomic E-state index is -0.0757. The molecular weight excluding hydrogens is 292 g/mol. The molecule has 0 N–H and O–H groups in total. The summed E-state index contributed by atoms with van der Waals surface area (Å²) in [7, 11) is 1.71. The Morgan fingerprint density at radius 1 is 1.30 bits per heavy atom. The Labute approximate surface area is 128 Å². The molecule has 1 aromatic heterocycles. The second-order valence-electron chi connectivity index (χ2n) is 4.38. The Hall–Kier alpha value is -1.52. The van der Waals surface area contributed by atoms with Gasteiger partial charge in [-0.1, -0.05) is 17.7 Å². The molecule has 0 saturated carbocycles. The average Bonchev–Trinajstić information content (AvgIpc) is 2.47. The van der Waals surface area contributed by atoms with E-state index < -0.39 is 0 Å². The fourth-order valence-electron chi connectivity index (χ4n) is 1.81. The van der Waals surface area contributed by atoms with Gasteiger partial charge in [-0.25, -0.2) is 4.98 Å². The summed E-state index contributed by atoms with van der Waals surface area (Å²) < 4.78 is 0. The Bertz CT molecular complexity index is 628. The summed E-state index contributed by atoms with van der Waals surface area (Å²) in [4.78, 5) is 19.3. The number of aryl methyl sites for hydroxylation is 1. The molecular formula is C15H15ClN2OS. The van der Waals surface area contributed by atoms with Gasteiger partial charge in [0.1, 0.15) is 5.82 Å². The predicted octanol–water partition coefficient (Wildman–Crippen LogP) is 4.04. The molecule has 1 heterocycles. The van der Waals surface area contributed by atoms with E-state index >= 15 is 0 Å². The SMILES string of the molecule is CSc1ccc(C)c(C(=O)N(C)c2ccc(Cl)cn2)c1. The predicted molar refractivity (Wildman–Crippen MR) is 84.9 cm³/mol. The number of rotatable bonds is 3. The van der Waals surface area contributed by atoms with Crippen LogP contribution in [0.25, 0.3) is 0 Å². The minimum Gasteiger partial charge on any atom is -0.296 e. The van der Waals surface area contributed by atoms with Crippen LogP contribution in [0.2, 0.25) is 5.02 Å². The lowest BCUT2D eigenvalue weighted by molar-refractivity contribution is 0.0991. The van der Waals surface area contributed by atoms with E-state index in [1.165, 1.54) is 11.1 Å². The lowest BCUT2D eigenvalue weighted by Gasteiger charge is -2.18. The highest BCUT2D eigenvalue weighted by Crippen LogP contribution is 2.22. The van der Waals surface area contributed by atoms with Gasteiger partial charge >= 0.3 is 0 Å². The van der Waals surface area contributed by atoms with E-state index in [0.29, 0.717) is 16.4 Å². The summed E-state index contributed by atoms with van der Waals surface area (Å²) >= 11 is 7.42. The van der Waals surface area contributed by atoms with E-state index in [-0.39, 0.29) is 5.91 Å². The van der Waals surface area contributed by atoms with Crippen LogP contribution in [-0.2, 0) is 0 Å². The zero-order chi connectivity index (χ0) is 14.7. The molecule has 0 aliphatic carbocycles. The van der Waals surface area contributed by atoms with Gasteiger partial charge in [-0.05, 0) is 43.0 Å². The second-order valence-corrected chi connectivity index (χ2v) is 5.70. The van der Waals surface area contributed by atoms with E-state index in [1.54, 1.807) is 30.9 Å². The van der Waals surface area contributed by atoms with E-state index in [9.17, 15) is 4.79 Å². The third kappa shape index (κ3) is 3.14. The average molecular weight is 307 g/mol. The van der Waals surface area contributed by atoms with Crippen molar-refractivity contribution < 1.29 is 4.79 Å². The summed E-state index contributed by atoms with van der Waals surface area (Å²) in [5.74, 6) is 0.501. The zero-order valence-corrected chi connectivity index (χ0v) is 13.1. The molecule has 0 bridgehead atoms. The number of carbonyl (C=O) groups is 1. The first-order valence-corrected chi connectivity index (χ1v) is 7.67. The summed E-state index contributed by atoms with van der Waals surface area (Å²) in [5.41, 5.74) is 1.64. The molecule has 3 nitrogen and oxygen atoms in total. The summed E-state index contributed by atoms with van der Waals surface area (Å²) in [6, 6.07) is 9.33. The zero-order valence-electron chi connectivity index (χ0n) is 11.6. The maximum absolute atomic E-state index is 12.6. The largest absolute Gasteiger partial charge is 0.296 e. The Balaban J connectivity index is 2.33. The number of halogens is 1. The lowest BCUT2D eigenvalue weighted by atomic mass is 10.1. The molecule has 1 amide bonds. The molecule has 0 fully saturated rings. The number of amides is 1. The lowest BCUT2D eigenvalue weighted by Crippen LogP contribution is -2.27. The van der Waals surface area contributed by atoms with Gasteiger partial charge in [-0.3, -0.25) is 9.69 Å². The van der Waals surface area contributed by atoms with E-state index in [0.717, 1.165) is 10.5 Å². The van der Waals surface area contributed by atoms with Crippen LogP contribution in [0, 0.1) is 6.92 Å². The van der Waals surface area contributed by atoms with Crippen LogP contribution in [0.5, 0.6) is 0 Å². The molecule has 2 rings (SSSR count). The molecule has 0 aliphatic rings. The number of carbonyl (C=O) groups excluding carboxylic acids is 1. The van der Waals surface area contributed by atoms with Crippen molar-refractivity contribution in [3.63, 3.8) is 0 Å². The summed E-state index contributed by atoms with van der Waals surface area (Å²) in [6.45, 7) is 1.93. The smallest absolute Gasteiger partial charge is 0.259 e. The van der Waals surface area contributed by atoms with Crippen LogP contribution in [0.15, 0.2) is 41.4 Å². The van der Waals surface area contributed by atoms with Gasteiger partial charge < -0.3 is 0 Å². The molecule has 0 atom stereocenters. The van der Waals surface area contributed by atoms with Gasteiger partial charge in [0, 0.05) is 23.7 Å². The highest BCUT2D eigenvalue weighted by atomic mass is 35.5. The fraction of sp³-hybridized carbons (Fsp3) is 0.200. The highest BCUT2D eigenvalue weighted by molar-refractivity contribution is 7.98. The van der Waals surface area contributed by atoms with Crippen LogP contribution in [0.1, 0.15) is 15.9 Å². The molecule has 20 heavy (non-hydrogen) atoms. The van der Waals surface area contributed by atoms with Crippen molar-refractivity contribution in [2.75, 3.05) is 18.2 Å². The quantitative estimate of drug-likeness (QED) is 0.802. The molecule has 0 saturated heterocycles. The van der Waals surface area contributed by atoms with Crippen LogP contribution in [0.4, 0.5) is 5.82 Å². The topological polar surface area (TPSA) is 33.2 Å². The number of thioether (sulfide) groups is 1. The van der Waals surface area contributed by atoms with Gasteiger partial charge in [-0.15, -0.1) is 11.8 Å². The van der Waals surface area contributed by atoms with Crippen molar-refractivity contribution in [2.45, 2.75) is 11.8 Å². The van der Waals surface area contributed by atoms with E-state index in [4.69, 9.17) is 11.6 Å². The van der Waals surface area contributed by atoms with Crippen LogP contribution in [-0.4, -0.2) is 24.2 Å². The van der Waals surface area contributed by atoms with Gasteiger partial charge in [0.25, 0.3) is 5.91 Å². The standard InChI is InChI=1S/C15H15ClN2OS/c1-10-4-6-12(20-3)8-13(10)15(19)18(2)14-7-5-11(16)9-17-14/h4-9H,1-3H3. The van der Waals surface area contributed by atoms with Crippen molar-refractivity contribution in [3.8, 4) is 0 Å². The van der Waals surface area contributed by atoms with Gasteiger partial charge in [0.15, 0.2) is 0 Å². The third-order valence-corrected chi connectivity index (χ3v) is 3.98. The van der Waals surface area contributed by atoms with E-state index in [1.807, 2.05) is 31.4 Å². The van der Waals surface area contributed by atoms with Crippen LogP contribution < -0.4 is 4.90 Å². The monoisotopic (exact) mass is 306 g/mol. The van der Waals surface area contributed by atoms with E-state index in [2.05, 4.69) is 4.98 Å². The summed E-state index contributed by atoms with van der Waals surface area (Å²) in [5, 5.41) is 0.551. The van der Waals surface area contributed by atoms with Crippen molar-refractivity contribution in [3.05, 3.63) is 52.7 Å². The number of aromatic nitrogens is 1. The molecule has 0 aliphatic heterocycles. The molecule has 5 heteroatoms. The number of anilines is 1. The van der Waals surface area contributed by atoms with Crippen LogP contribution >= 0.6 is 23.4 Å². The van der Waals surface area contributed by atoms with Crippen molar-refractivity contribution in [1.82, 2.24) is 4.98 Å².